The molecule has 1 aromatic heterocycles. The number of imidazole rings is 1. The smallest absolute Gasteiger partial charge is 0.108 e. The number of aromatic nitrogens is 2. The molecule has 0 saturated heterocycles. The summed E-state index contributed by atoms with van der Waals surface area (Å²) in [4.78, 5) is 4.32. The van der Waals surface area contributed by atoms with Gasteiger partial charge in [0.15, 0.2) is 0 Å². The monoisotopic (exact) mass is 256 g/mol. The number of aryl methyl sites for hydroxylation is 2. The zero-order valence-corrected chi connectivity index (χ0v) is 11.8. The van der Waals surface area contributed by atoms with Gasteiger partial charge in [-0.1, -0.05) is 13.8 Å². The van der Waals surface area contributed by atoms with Crippen molar-refractivity contribution < 1.29 is 0 Å². The van der Waals surface area contributed by atoms with Crippen LogP contribution in [0.1, 0.15) is 32.5 Å². The van der Waals surface area contributed by atoms with Crippen LogP contribution in [0.3, 0.4) is 0 Å². The van der Waals surface area contributed by atoms with E-state index in [1.807, 2.05) is 31.2 Å². The van der Waals surface area contributed by atoms with E-state index in [2.05, 4.69) is 28.8 Å². The lowest BCUT2D eigenvalue weighted by atomic mass is 10.2. The van der Waals surface area contributed by atoms with Gasteiger partial charge in [-0.15, -0.1) is 0 Å². The Bertz CT molecular complexity index is 313. The molecule has 2 unspecified atom stereocenters. The summed E-state index contributed by atoms with van der Waals surface area (Å²) in [6.07, 6.45) is 7.04. The summed E-state index contributed by atoms with van der Waals surface area (Å²) >= 11 is 1.98. The lowest BCUT2D eigenvalue weighted by molar-refractivity contribution is 0.527. The molecule has 1 aromatic rings. The normalized spacial score (nSPS) is 14.8. The van der Waals surface area contributed by atoms with E-state index in [1.165, 1.54) is 6.42 Å². The van der Waals surface area contributed by atoms with Crippen molar-refractivity contribution >= 4 is 11.8 Å². The number of nitrogens with zero attached hydrogens (tertiary/aromatic N) is 2. The Morgan fingerprint density at radius 1 is 1.59 bits per heavy atom. The third-order valence-electron chi connectivity index (χ3n) is 3.03. The van der Waals surface area contributed by atoms with Crippen LogP contribution in [0.4, 0.5) is 0 Å². The molecule has 3 N–H and O–H groups in total. The number of hydrazine groups is 1. The number of nitrogens with one attached hydrogen (secondary N) is 1. The summed E-state index contributed by atoms with van der Waals surface area (Å²) in [5, 5.41) is 0.707. The summed E-state index contributed by atoms with van der Waals surface area (Å²) < 4.78 is 2.06. The number of thioether (sulfide) groups is 1. The highest BCUT2D eigenvalue weighted by Crippen LogP contribution is 2.16. The fraction of sp³-hybridized carbons (Fsp3) is 0.750. The zero-order chi connectivity index (χ0) is 12.7. The van der Waals surface area contributed by atoms with Crippen molar-refractivity contribution in [2.75, 3.05) is 5.75 Å². The Morgan fingerprint density at radius 2 is 2.35 bits per heavy atom. The first-order chi connectivity index (χ1) is 8.17. The lowest BCUT2D eigenvalue weighted by Gasteiger charge is -2.17. The molecule has 98 valence electrons. The van der Waals surface area contributed by atoms with Crippen LogP contribution in [-0.4, -0.2) is 26.6 Å². The van der Waals surface area contributed by atoms with Crippen molar-refractivity contribution in [3.05, 3.63) is 18.2 Å². The van der Waals surface area contributed by atoms with Crippen molar-refractivity contribution in [1.29, 1.82) is 0 Å². The van der Waals surface area contributed by atoms with Gasteiger partial charge in [-0.3, -0.25) is 11.3 Å². The van der Waals surface area contributed by atoms with Crippen LogP contribution in [-0.2, 0) is 13.5 Å². The average Bonchev–Trinajstić information content (AvgIpc) is 2.75. The standard InChI is InChI=1S/C12H24N4S/c1-4-10(2)17-9-11(15-13)5-6-12-14-7-8-16(12)3/h7-8,10-11,15H,4-6,9,13H2,1-3H3. The first-order valence-electron chi connectivity index (χ1n) is 6.21. The Labute approximate surface area is 108 Å². The predicted octanol–water partition coefficient (Wildman–Crippen LogP) is 1.72. The molecule has 1 heterocycles. The van der Waals surface area contributed by atoms with Crippen LogP contribution < -0.4 is 11.3 Å². The van der Waals surface area contributed by atoms with Gasteiger partial charge in [-0.25, -0.2) is 4.98 Å². The molecule has 0 bridgehead atoms. The molecule has 0 saturated carbocycles. The van der Waals surface area contributed by atoms with Crippen LogP contribution in [0, 0.1) is 0 Å². The topological polar surface area (TPSA) is 55.9 Å². The van der Waals surface area contributed by atoms with Crippen LogP contribution in [0.25, 0.3) is 0 Å². The Hall–Kier alpha value is -0.520. The van der Waals surface area contributed by atoms with Gasteiger partial charge in [0.1, 0.15) is 5.82 Å². The SMILES string of the molecule is CCC(C)SCC(CCc1nccn1C)NN. The van der Waals surface area contributed by atoms with E-state index in [-0.39, 0.29) is 0 Å². The maximum Gasteiger partial charge on any atom is 0.108 e. The molecule has 1 rings (SSSR count). The minimum absolute atomic E-state index is 0.366. The number of hydrogen-bond acceptors (Lipinski definition) is 4. The number of rotatable bonds is 8. The number of nitrogens with two attached hydrogens (primary N) is 1. The van der Waals surface area contributed by atoms with Crippen LogP contribution in [0.2, 0.25) is 0 Å². The van der Waals surface area contributed by atoms with Crippen LogP contribution in [0.5, 0.6) is 0 Å². The van der Waals surface area contributed by atoms with E-state index in [9.17, 15) is 0 Å². The minimum atomic E-state index is 0.366. The third kappa shape index (κ3) is 5.10. The van der Waals surface area contributed by atoms with Gasteiger partial charge in [-0.05, 0) is 12.8 Å². The molecular formula is C12H24N4S. The Kier molecular flexibility index (Phi) is 6.62. The summed E-state index contributed by atoms with van der Waals surface area (Å²) in [6.45, 7) is 4.48. The highest BCUT2D eigenvalue weighted by Gasteiger charge is 2.10. The maximum absolute atomic E-state index is 5.59. The fourth-order valence-electron chi connectivity index (χ4n) is 1.55. The van der Waals surface area contributed by atoms with E-state index in [0.717, 1.165) is 24.4 Å². The van der Waals surface area contributed by atoms with E-state index in [0.29, 0.717) is 11.3 Å². The molecule has 0 amide bonds. The van der Waals surface area contributed by atoms with Gasteiger partial charge in [-0.2, -0.15) is 11.8 Å². The molecule has 2 atom stereocenters. The molecule has 0 aromatic carbocycles. The van der Waals surface area contributed by atoms with Gasteiger partial charge in [0.05, 0.1) is 0 Å². The van der Waals surface area contributed by atoms with E-state index in [4.69, 9.17) is 5.84 Å². The minimum Gasteiger partial charge on any atom is -0.338 e. The first-order valence-corrected chi connectivity index (χ1v) is 7.26. The third-order valence-corrected chi connectivity index (χ3v) is 4.53. The van der Waals surface area contributed by atoms with E-state index < -0.39 is 0 Å². The molecule has 17 heavy (non-hydrogen) atoms. The molecule has 5 heteroatoms. The van der Waals surface area contributed by atoms with Crippen LogP contribution in [0.15, 0.2) is 12.4 Å². The molecular weight excluding hydrogens is 232 g/mol. The fourth-order valence-corrected chi connectivity index (χ4v) is 2.61. The van der Waals surface area contributed by atoms with Crippen LogP contribution >= 0.6 is 11.8 Å². The number of hydrogen-bond donors (Lipinski definition) is 2. The van der Waals surface area contributed by atoms with Gasteiger partial charge < -0.3 is 4.57 Å². The molecule has 0 radical (unpaired) electrons. The van der Waals surface area contributed by atoms with Crippen molar-refractivity contribution in [3.63, 3.8) is 0 Å². The van der Waals surface area contributed by atoms with Crippen molar-refractivity contribution in [2.45, 2.75) is 44.4 Å². The van der Waals surface area contributed by atoms with E-state index >= 15 is 0 Å². The first kappa shape index (κ1) is 14.5. The predicted molar refractivity (Wildman–Crippen MR) is 74.9 cm³/mol. The average molecular weight is 256 g/mol. The second kappa shape index (κ2) is 7.74. The Morgan fingerprint density at radius 3 is 2.88 bits per heavy atom. The quantitative estimate of drug-likeness (QED) is 0.549. The van der Waals surface area contributed by atoms with Gasteiger partial charge in [0.25, 0.3) is 0 Å². The van der Waals surface area contributed by atoms with Crippen molar-refractivity contribution in [2.24, 2.45) is 12.9 Å². The Balaban J connectivity index is 2.30. The summed E-state index contributed by atoms with van der Waals surface area (Å²) in [5.74, 6) is 7.78. The largest absolute Gasteiger partial charge is 0.338 e. The van der Waals surface area contributed by atoms with Gasteiger partial charge >= 0.3 is 0 Å². The highest BCUT2D eigenvalue weighted by atomic mass is 32.2. The summed E-state index contributed by atoms with van der Waals surface area (Å²) in [6, 6.07) is 0.366. The zero-order valence-electron chi connectivity index (χ0n) is 11.0. The molecule has 0 aliphatic heterocycles. The maximum atomic E-state index is 5.59. The lowest BCUT2D eigenvalue weighted by Crippen LogP contribution is -2.37. The molecule has 4 nitrogen and oxygen atoms in total. The molecule has 0 fully saturated rings. The second-order valence-corrected chi connectivity index (χ2v) is 5.88. The van der Waals surface area contributed by atoms with E-state index in [1.54, 1.807) is 0 Å². The van der Waals surface area contributed by atoms with Gasteiger partial charge in [0, 0.05) is 42.9 Å². The second-order valence-electron chi connectivity index (χ2n) is 4.41. The molecule has 0 spiro atoms. The highest BCUT2D eigenvalue weighted by molar-refractivity contribution is 7.99. The summed E-state index contributed by atoms with van der Waals surface area (Å²) in [7, 11) is 2.03. The van der Waals surface area contributed by atoms with Crippen molar-refractivity contribution in [3.8, 4) is 0 Å². The molecule has 0 aliphatic carbocycles. The summed E-state index contributed by atoms with van der Waals surface area (Å²) in [5.41, 5.74) is 2.91. The van der Waals surface area contributed by atoms with Gasteiger partial charge in [0.2, 0.25) is 0 Å². The van der Waals surface area contributed by atoms with Crippen molar-refractivity contribution in [1.82, 2.24) is 15.0 Å². The molecule has 0 aliphatic rings.